The summed E-state index contributed by atoms with van der Waals surface area (Å²) in [5, 5.41) is 0. The summed E-state index contributed by atoms with van der Waals surface area (Å²) in [7, 11) is 0. The molecule has 0 aromatic carbocycles. The van der Waals surface area contributed by atoms with Gasteiger partial charge in [0.1, 0.15) is 0 Å². The zero-order valence-electron chi connectivity index (χ0n) is 9.80. The first kappa shape index (κ1) is 13.4. The molecule has 0 saturated carbocycles. The van der Waals surface area contributed by atoms with Gasteiger partial charge in [0.25, 0.3) is 0 Å². The van der Waals surface area contributed by atoms with Gasteiger partial charge in [0, 0.05) is 6.54 Å². The molecule has 3 nitrogen and oxygen atoms in total. The number of ether oxygens (including phenoxy) is 1. The number of esters is 1. The first-order chi connectivity index (χ1) is 6.52. The Labute approximate surface area is 87.0 Å². The lowest BCUT2D eigenvalue weighted by Gasteiger charge is -2.30. The zero-order valence-corrected chi connectivity index (χ0v) is 9.80. The average molecular weight is 201 g/mol. The van der Waals surface area contributed by atoms with Crippen molar-refractivity contribution in [1.82, 2.24) is 0 Å². The molecule has 1 atom stereocenters. The quantitative estimate of drug-likeness (QED) is 0.668. The van der Waals surface area contributed by atoms with E-state index in [9.17, 15) is 4.79 Å². The van der Waals surface area contributed by atoms with Gasteiger partial charge in [0.15, 0.2) is 0 Å². The van der Waals surface area contributed by atoms with Crippen LogP contribution < -0.4 is 5.73 Å². The Morgan fingerprint density at radius 2 is 2.00 bits per heavy atom. The van der Waals surface area contributed by atoms with E-state index in [1.165, 1.54) is 0 Å². The molecule has 0 aliphatic heterocycles. The van der Waals surface area contributed by atoms with Crippen LogP contribution in [0.2, 0.25) is 0 Å². The number of carbonyl (C=O) groups is 1. The van der Waals surface area contributed by atoms with Crippen molar-refractivity contribution >= 4 is 5.97 Å². The third kappa shape index (κ3) is 3.29. The minimum atomic E-state index is -0.468. The molecule has 0 radical (unpaired) electrons. The van der Waals surface area contributed by atoms with Crippen molar-refractivity contribution in [3.63, 3.8) is 0 Å². The van der Waals surface area contributed by atoms with E-state index in [0.717, 1.165) is 12.8 Å². The molecule has 0 aliphatic carbocycles. The fraction of sp³-hybridized carbons (Fsp3) is 0.909. The van der Waals surface area contributed by atoms with Gasteiger partial charge < -0.3 is 10.5 Å². The van der Waals surface area contributed by atoms with E-state index in [0.29, 0.717) is 19.1 Å². The van der Waals surface area contributed by atoms with E-state index in [1.54, 1.807) is 0 Å². The predicted molar refractivity (Wildman–Crippen MR) is 57.9 cm³/mol. The van der Waals surface area contributed by atoms with Crippen molar-refractivity contribution in [2.45, 2.75) is 40.5 Å². The van der Waals surface area contributed by atoms with E-state index in [1.807, 2.05) is 13.8 Å². The molecule has 3 heteroatoms. The van der Waals surface area contributed by atoms with Crippen LogP contribution in [0.4, 0.5) is 0 Å². The second-order valence-electron chi connectivity index (χ2n) is 4.16. The maximum absolute atomic E-state index is 11.8. The van der Waals surface area contributed by atoms with Gasteiger partial charge in [-0.1, -0.05) is 20.8 Å². The van der Waals surface area contributed by atoms with Gasteiger partial charge in [-0.25, -0.2) is 0 Å². The van der Waals surface area contributed by atoms with E-state index in [4.69, 9.17) is 10.5 Å². The molecule has 0 fully saturated rings. The first-order valence-electron chi connectivity index (χ1n) is 5.39. The lowest BCUT2D eigenvalue weighted by molar-refractivity contribution is -0.156. The van der Waals surface area contributed by atoms with Gasteiger partial charge in [0.2, 0.25) is 0 Å². The summed E-state index contributed by atoms with van der Waals surface area (Å²) in [6, 6.07) is 0. The van der Waals surface area contributed by atoms with Crippen LogP contribution in [-0.4, -0.2) is 19.1 Å². The van der Waals surface area contributed by atoms with Crippen LogP contribution >= 0.6 is 0 Å². The van der Waals surface area contributed by atoms with Crippen molar-refractivity contribution in [2.75, 3.05) is 13.2 Å². The molecule has 2 N–H and O–H groups in total. The minimum absolute atomic E-state index is 0.140. The van der Waals surface area contributed by atoms with Crippen LogP contribution in [0.15, 0.2) is 0 Å². The average Bonchev–Trinajstić information content (AvgIpc) is 2.14. The molecule has 14 heavy (non-hydrogen) atoms. The standard InChI is InChI=1S/C11H23NO2/c1-5-11(8-12,7-9(3)4)10(13)14-6-2/h9H,5-8,12H2,1-4H3. The molecule has 0 heterocycles. The Morgan fingerprint density at radius 3 is 2.29 bits per heavy atom. The van der Waals surface area contributed by atoms with Crippen molar-refractivity contribution in [2.24, 2.45) is 17.1 Å². The molecule has 0 aromatic rings. The fourth-order valence-corrected chi connectivity index (χ4v) is 1.75. The van der Waals surface area contributed by atoms with Crippen molar-refractivity contribution < 1.29 is 9.53 Å². The highest BCUT2D eigenvalue weighted by Crippen LogP contribution is 2.30. The molecule has 0 amide bonds. The normalized spacial score (nSPS) is 15.3. The molecule has 1 unspecified atom stereocenters. The van der Waals surface area contributed by atoms with Gasteiger partial charge in [-0.2, -0.15) is 0 Å². The Bertz CT molecular complexity index is 174. The second-order valence-corrected chi connectivity index (χ2v) is 4.16. The van der Waals surface area contributed by atoms with E-state index >= 15 is 0 Å². The number of rotatable bonds is 6. The van der Waals surface area contributed by atoms with Crippen LogP contribution in [0.1, 0.15) is 40.5 Å². The molecular formula is C11H23NO2. The van der Waals surface area contributed by atoms with Crippen LogP contribution in [0.3, 0.4) is 0 Å². The van der Waals surface area contributed by atoms with Crippen molar-refractivity contribution in [3.05, 3.63) is 0 Å². The maximum Gasteiger partial charge on any atom is 0.313 e. The van der Waals surface area contributed by atoms with Crippen LogP contribution in [-0.2, 0) is 9.53 Å². The Balaban J connectivity index is 4.59. The third-order valence-corrected chi connectivity index (χ3v) is 2.57. The summed E-state index contributed by atoms with van der Waals surface area (Å²) in [4.78, 5) is 11.8. The van der Waals surface area contributed by atoms with Gasteiger partial charge in [-0.3, -0.25) is 4.79 Å². The van der Waals surface area contributed by atoms with Gasteiger partial charge >= 0.3 is 5.97 Å². The highest BCUT2D eigenvalue weighted by atomic mass is 16.5. The van der Waals surface area contributed by atoms with Crippen LogP contribution in [0.5, 0.6) is 0 Å². The van der Waals surface area contributed by atoms with Gasteiger partial charge in [-0.05, 0) is 25.7 Å². The third-order valence-electron chi connectivity index (χ3n) is 2.57. The SMILES string of the molecule is CCOC(=O)C(CC)(CN)CC(C)C. The molecular weight excluding hydrogens is 178 g/mol. The summed E-state index contributed by atoms with van der Waals surface area (Å²) in [5.74, 6) is 0.321. The van der Waals surface area contributed by atoms with E-state index in [-0.39, 0.29) is 5.97 Å². The topological polar surface area (TPSA) is 52.3 Å². The second kappa shape index (κ2) is 6.02. The lowest BCUT2D eigenvalue weighted by Crippen LogP contribution is -2.40. The Hall–Kier alpha value is -0.570. The fourth-order valence-electron chi connectivity index (χ4n) is 1.75. The summed E-state index contributed by atoms with van der Waals surface area (Å²) in [6.07, 6.45) is 1.55. The van der Waals surface area contributed by atoms with Crippen molar-refractivity contribution in [3.8, 4) is 0 Å². The Morgan fingerprint density at radius 1 is 1.43 bits per heavy atom. The number of hydrogen-bond acceptors (Lipinski definition) is 3. The molecule has 0 bridgehead atoms. The molecule has 0 aromatic heterocycles. The predicted octanol–water partition coefficient (Wildman–Crippen LogP) is 1.95. The van der Waals surface area contributed by atoms with Gasteiger partial charge in [-0.15, -0.1) is 0 Å². The molecule has 0 rings (SSSR count). The summed E-state index contributed by atoms with van der Waals surface area (Å²) in [6.45, 7) is 8.81. The van der Waals surface area contributed by atoms with E-state index in [2.05, 4.69) is 13.8 Å². The number of carbonyl (C=O) groups excluding carboxylic acids is 1. The Kier molecular flexibility index (Phi) is 5.77. The van der Waals surface area contributed by atoms with Crippen LogP contribution in [0, 0.1) is 11.3 Å². The lowest BCUT2D eigenvalue weighted by atomic mass is 9.78. The first-order valence-corrected chi connectivity index (χ1v) is 5.39. The molecule has 84 valence electrons. The number of hydrogen-bond donors (Lipinski definition) is 1. The minimum Gasteiger partial charge on any atom is -0.466 e. The molecule has 0 aliphatic rings. The maximum atomic E-state index is 11.8. The summed E-state index contributed by atoms with van der Waals surface area (Å²) >= 11 is 0. The number of nitrogens with two attached hydrogens (primary N) is 1. The molecule has 0 spiro atoms. The monoisotopic (exact) mass is 201 g/mol. The van der Waals surface area contributed by atoms with Crippen LogP contribution in [0.25, 0.3) is 0 Å². The smallest absolute Gasteiger partial charge is 0.313 e. The van der Waals surface area contributed by atoms with Gasteiger partial charge in [0.05, 0.1) is 12.0 Å². The largest absolute Gasteiger partial charge is 0.466 e. The summed E-state index contributed by atoms with van der Waals surface area (Å²) in [5.41, 5.74) is 5.23. The molecule has 0 saturated heterocycles. The van der Waals surface area contributed by atoms with E-state index < -0.39 is 5.41 Å². The van der Waals surface area contributed by atoms with Crippen molar-refractivity contribution in [1.29, 1.82) is 0 Å². The highest BCUT2D eigenvalue weighted by molar-refractivity contribution is 5.77. The zero-order chi connectivity index (χ0) is 11.2. The summed E-state index contributed by atoms with van der Waals surface area (Å²) < 4.78 is 5.07. The highest BCUT2D eigenvalue weighted by Gasteiger charge is 2.37.